The molecule has 0 atom stereocenters. The Bertz CT molecular complexity index is 873. The van der Waals surface area contributed by atoms with Crippen LogP contribution in [0.5, 0.6) is 11.5 Å². The standard InChI is InChI=1S/C13H10F2N2O6S/c14-13(15)23-12-4-2-1-3-9(12)16-24(21,22)8-5-6-11(18)10(7-8)17(19)20/h1-7,13,16,18H/p-1. The van der Waals surface area contributed by atoms with Crippen molar-refractivity contribution in [1.82, 2.24) is 0 Å². The molecule has 0 radical (unpaired) electrons. The average Bonchev–Trinajstić information content (AvgIpc) is 2.48. The second-order valence-corrected chi connectivity index (χ2v) is 6.05. The van der Waals surface area contributed by atoms with E-state index in [0.29, 0.717) is 6.07 Å². The number of para-hydroxylation sites is 2. The van der Waals surface area contributed by atoms with Crippen molar-refractivity contribution in [3.05, 3.63) is 52.6 Å². The second-order valence-electron chi connectivity index (χ2n) is 4.37. The molecule has 0 aliphatic carbocycles. The number of nitro benzene ring substituents is 1. The molecular formula is C13H9F2N2O6S-. The normalized spacial score (nSPS) is 11.3. The number of rotatable bonds is 6. The molecule has 2 rings (SSSR count). The lowest BCUT2D eigenvalue weighted by molar-refractivity contribution is -0.398. The van der Waals surface area contributed by atoms with Gasteiger partial charge in [-0.15, -0.1) is 0 Å². The van der Waals surface area contributed by atoms with Crippen LogP contribution in [0.15, 0.2) is 47.4 Å². The van der Waals surface area contributed by atoms with E-state index in [9.17, 15) is 32.4 Å². The van der Waals surface area contributed by atoms with Crippen molar-refractivity contribution in [2.24, 2.45) is 0 Å². The molecule has 0 bridgehead atoms. The molecule has 0 amide bonds. The molecular weight excluding hydrogens is 350 g/mol. The lowest BCUT2D eigenvalue weighted by Crippen LogP contribution is -2.15. The maximum atomic E-state index is 12.3. The molecule has 8 nitrogen and oxygen atoms in total. The fourth-order valence-electron chi connectivity index (χ4n) is 1.76. The molecule has 0 fully saturated rings. The molecule has 128 valence electrons. The van der Waals surface area contributed by atoms with Gasteiger partial charge < -0.3 is 9.84 Å². The molecule has 0 saturated heterocycles. The Morgan fingerprint density at radius 3 is 2.46 bits per heavy atom. The van der Waals surface area contributed by atoms with Gasteiger partial charge >= 0.3 is 6.61 Å². The summed E-state index contributed by atoms with van der Waals surface area (Å²) < 4.78 is 55.3. The second kappa shape index (κ2) is 6.66. The number of hydrogen-bond acceptors (Lipinski definition) is 6. The fraction of sp³-hybridized carbons (Fsp3) is 0.0769. The number of anilines is 1. The van der Waals surface area contributed by atoms with Gasteiger partial charge in [-0.25, -0.2) is 8.42 Å². The van der Waals surface area contributed by atoms with Gasteiger partial charge in [0.05, 0.1) is 15.5 Å². The van der Waals surface area contributed by atoms with E-state index < -0.39 is 43.6 Å². The highest BCUT2D eigenvalue weighted by molar-refractivity contribution is 7.92. The van der Waals surface area contributed by atoms with Gasteiger partial charge in [-0.2, -0.15) is 8.78 Å². The zero-order chi connectivity index (χ0) is 17.9. The first kappa shape index (κ1) is 17.4. The van der Waals surface area contributed by atoms with Crippen LogP contribution in [0.1, 0.15) is 0 Å². The molecule has 0 saturated carbocycles. The minimum Gasteiger partial charge on any atom is -0.868 e. The molecule has 0 spiro atoms. The fourth-order valence-corrected chi connectivity index (χ4v) is 2.85. The Labute approximate surface area is 134 Å². The molecule has 2 aromatic carbocycles. The minimum absolute atomic E-state index is 0.286. The number of ether oxygens (including phenoxy) is 1. The summed E-state index contributed by atoms with van der Waals surface area (Å²) in [7, 11) is -4.36. The Balaban J connectivity index is 2.40. The maximum absolute atomic E-state index is 12.3. The number of benzene rings is 2. The summed E-state index contributed by atoms with van der Waals surface area (Å²) in [5, 5.41) is 22.0. The number of nitro groups is 1. The van der Waals surface area contributed by atoms with E-state index in [4.69, 9.17) is 0 Å². The largest absolute Gasteiger partial charge is 0.868 e. The first-order valence-corrected chi connectivity index (χ1v) is 7.71. The quantitative estimate of drug-likeness (QED) is 0.622. The van der Waals surface area contributed by atoms with Gasteiger partial charge in [0.1, 0.15) is 5.75 Å². The molecule has 2 aromatic rings. The molecule has 0 aliphatic rings. The van der Waals surface area contributed by atoms with Crippen LogP contribution in [0.2, 0.25) is 0 Å². The van der Waals surface area contributed by atoms with Crippen LogP contribution in [0.3, 0.4) is 0 Å². The predicted molar refractivity (Wildman–Crippen MR) is 76.4 cm³/mol. The number of sulfonamides is 1. The summed E-state index contributed by atoms with van der Waals surface area (Å²) in [6.07, 6.45) is 0. The van der Waals surface area contributed by atoms with Gasteiger partial charge in [0, 0.05) is 6.07 Å². The SMILES string of the molecule is O=[N+]([O-])c1cc(S(=O)(=O)Nc2ccccc2OC(F)F)ccc1[O-]. The zero-order valence-corrected chi connectivity index (χ0v) is 12.5. The lowest BCUT2D eigenvalue weighted by Gasteiger charge is -2.14. The van der Waals surface area contributed by atoms with Gasteiger partial charge in [-0.1, -0.05) is 18.2 Å². The van der Waals surface area contributed by atoms with Crippen LogP contribution in [0, 0.1) is 10.1 Å². The van der Waals surface area contributed by atoms with Crippen LogP contribution >= 0.6 is 0 Å². The van der Waals surface area contributed by atoms with Crippen molar-refractivity contribution in [2.75, 3.05) is 4.72 Å². The molecule has 0 unspecified atom stereocenters. The molecule has 0 aliphatic heterocycles. The number of nitrogens with one attached hydrogen (secondary N) is 1. The maximum Gasteiger partial charge on any atom is 0.387 e. The van der Waals surface area contributed by atoms with E-state index >= 15 is 0 Å². The molecule has 0 heterocycles. The third-order valence-electron chi connectivity index (χ3n) is 2.78. The minimum atomic E-state index is -4.36. The van der Waals surface area contributed by atoms with Crippen molar-refractivity contribution in [2.45, 2.75) is 11.5 Å². The number of alkyl halides is 2. The monoisotopic (exact) mass is 359 g/mol. The summed E-state index contributed by atoms with van der Waals surface area (Å²) in [6, 6.07) is 7.20. The third-order valence-corrected chi connectivity index (χ3v) is 4.15. The van der Waals surface area contributed by atoms with Crippen molar-refractivity contribution in [1.29, 1.82) is 0 Å². The van der Waals surface area contributed by atoms with Crippen LogP contribution in [0.25, 0.3) is 0 Å². The lowest BCUT2D eigenvalue weighted by atomic mass is 10.3. The Hall–Kier alpha value is -2.95. The van der Waals surface area contributed by atoms with Crippen LogP contribution < -0.4 is 14.6 Å². The summed E-state index contributed by atoms with van der Waals surface area (Å²) in [6.45, 7) is -3.17. The highest BCUT2D eigenvalue weighted by Gasteiger charge is 2.20. The summed E-state index contributed by atoms with van der Waals surface area (Å²) in [5.41, 5.74) is -1.21. The van der Waals surface area contributed by atoms with E-state index in [-0.39, 0.29) is 5.69 Å². The smallest absolute Gasteiger partial charge is 0.387 e. The van der Waals surface area contributed by atoms with Crippen molar-refractivity contribution in [3.63, 3.8) is 0 Å². The molecule has 11 heteroatoms. The molecule has 24 heavy (non-hydrogen) atoms. The average molecular weight is 359 g/mol. The highest BCUT2D eigenvalue weighted by Crippen LogP contribution is 2.30. The number of halogens is 2. The van der Waals surface area contributed by atoms with Gasteiger partial charge in [-0.3, -0.25) is 14.8 Å². The van der Waals surface area contributed by atoms with Crippen LogP contribution in [0.4, 0.5) is 20.2 Å². The van der Waals surface area contributed by atoms with Crippen molar-refractivity contribution in [3.8, 4) is 11.5 Å². The first-order chi connectivity index (χ1) is 11.2. The number of nitrogens with zero attached hydrogens (tertiary/aromatic N) is 1. The summed E-state index contributed by atoms with van der Waals surface area (Å²) >= 11 is 0. The van der Waals surface area contributed by atoms with Gasteiger partial charge in [0.2, 0.25) is 0 Å². The third kappa shape index (κ3) is 3.87. The van der Waals surface area contributed by atoms with E-state index in [0.717, 1.165) is 18.2 Å². The first-order valence-electron chi connectivity index (χ1n) is 6.23. The molecule has 0 aromatic heterocycles. The van der Waals surface area contributed by atoms with Crippen molar-refractivity contribution < 1.29 is 32.0 Å². The Morgan fingerprint density at radius 2 is 1.83 bits per heavy atom. The number of hydrogen-bond donors (Lipinski definition) is 1. The predicted octanol–water partition coefficient (Wildman–Crippen LogP) is 2.07. The zero-order valence-electron chi connectivity index (χ0n) is 11.7. The van der Waals surface area contributed by atoms with Crippen molar-refractivity contribution >= 4 is 21.4 Å². The van der Waals surface area contributed by atoms with Gasteiger partial charge in [0.25, 0.3) is 15.7 Å². The summed E-state index contributed by atoms with van der Waals surface area (Å²) in [4.78, 5) is 9.13. The van der Waals surface area contributed by atoms with Crippen LogP contribution in [-0.2, 0) is 10.0 Å². The highest BCUT2D eigenvalue weighted by atomic mass is 32.2. The van der Waals surface area contributed by atoms with E-state index in [2.05, 4.69) is 4.74 Å². The van der Waals surface area contributed by atoms with Gasteiger partial charge in [0.15, 0.2) is 0 Å². The Morgan fingerprint density at radius 1 is 1.17 bits per heavy atom. The topological polar surface area (TPSA) is 122 Å². The van der Waals surface area contributed by atoms with Crippen LogP contribution in [-0.4, -0.2) is 20.0 Å². The van der Waals surface area contributed by atoms with E-state index in [1.807, 2.05) is 4.72 Å². The molecule has 1 N–H and O–H groups in total. The van der Waals surface area contributed by atoms with E-state index in [1.165, 1.54) is 18.2 Å². The summed E-state index contributed by atoms with van der Waals surface area (Å²) in [5.74, 6) is -1.38. The Kier molecular flexibility index (Phi) is 4.83. The van der Waals surface area contributed by atoms with Gasteiger partial charge in [-0.05, 0) is 23.9 Å². The van der Waals surface area contributed by atoms with E-state index in [1.54, 1.807) is 0 Å².